The van der Waals surface area contributed by atoms with Crippen LogP contribution in [0.3, 0.4) is 0 Å². The molecule has 0 radical (unpaired) electrons. The summed E-state index contributed by atoms with van der Waals surface area (Å²) in [6.45, 7) is 0. The third-order valence-corrected chi connectivity index (χ3v) is 3.47. The van der Waals surface area contributed by atoms with Crippen LogP contribution in [0, 0.1) is 0 Å². The normalized spacial score (nSPS) is 12.2. The number of benzene rings is 1. The van der Waals surface area contributed by atoms with Gasteiger partial charge in [0.25, 0.3) is 0 Å². The number of halogens is 1. The Hall–Kier alpha value is -1.39. The molecule has 3 nitrogen and oxygen atoms in total. The molecular weight excluding hydrogens is 304 g/mol. The molecule has 0 aliphatic rings. The van der Waals surface area contributed by atoms with Gasteiger partial charge in [0.1, 0.15) is 5.75 Å². The molecule has 1 atom stereocenters. The second-order valence-electron chi connectivity index (χ2n) is 4.48. The fraction of sp³-hybridized carbons (Fsp3) is 0.267. The van der Waals surface area contributed by atoms with E-state index in [0.29, 0.717) is 0 Å². The van der Waals surface area contributed by atoms with Crippen molar-refractivity contribution in [3.63, 3.8) is 0 Å². The van der Waals surface area contributed by atoms with E-state index in [0.717, 1.165) is 28.6 Å². The van der Waals surface area contributed by atoms with Crippen molar-refractivity contribution >= 4 is 15.9 Å². The molecule has 0 amide bonds. The largest absolute Gasteiger partial charge is 0.496 e. The summed E-state index contributed by atoms with van der Waals surface area (Å²) in [5.74, 6) is 0.883. The van der Waals surface area contributed by atoms with Crippen molar-refractivity contribution in [3.05, 3.63) is 58.3 Å². The second kappa shape index (κ2) is 6.68. The molecule has 0 spiro atoms. The monoisotopic (exact) mass is 320 g/mol. The Morgan fingerprint density at radius 1 is 1.21 bits per heavy atom. The summed E-state index contributed by atoms with van der Waals surface area (Å²) < 4.78 is 6.41. The lowest BCUT2D eigenvalue weighted by Gasteiger charge is -2.14. The van der Waals surface area contributed by atoms with E-state index in [1.807, 2.05) is 24.3 Å². The summed E-state index contributed by atoms with van der Waals surface area (Å²) in [4.78, 5) is 4.01. The van der Waals surface area contributed by atoms with E-state index in [-0.39, 0.29) is 6.04 Å². The van der Waals surface area contributed by atoms with Gasteiger partial charge in [0.2, 0.25) is 0 Å². The number of pyridine rings is 1. The zero-order chi connectivity index (χ0) is 13.7. The number of aromatic nitrogens is 1. The summed E-state index contributed by atoms with van der Waals surface area (Å²) in [5, 5.41) is 0. The number of rotatable bonds is 5. The van der Waals surface area contributed by atoms with Crippen molar-refractivity contribution in [2.24, 2.45) is 5.73 Å². The minimum atomic E-state index is 0.0607. The van der Waals surface area contributed by atoms with E-state index in [1.54, 1.807) is 19.5 Å². The molecule has 1 unspecified atom stereocenters. The standard InChI is InChI=1S/C15H17BrN2O/c1-19-15-3-2-13(16)9-12(15)10-14(17)8-11-4-6-18-7-5-11/h2-7,9,14H,8,10,17H2,1H3. The van der Waals surface area contributed by atoms with Gasteiger partial charge in [-0.05, 0) is 54.3 Å². The third-order valence-electron chi connectivity index (χ3n) is 2.97. The predicted molar refractivity (Wildman–Crippen MR) is 80.3 cm³/mol. The fourth-order valence-corrected chi connectivity index (χ4v) is 2.49. The molecule has 0 saturated carbocycles. The highest BCUT2D eigenvalue weighted by Gasteiger charge is 2.10. The number of methoxy groups -OCH3 is 1. The van der Waals surface area contributed by atoms with Crippen LogP contribution in [-0.4, -0.2) is 18.1 Å². The minimum absolute atomic E-state index is 0.0607. The van der Waals surface area contributed by atoms with Crippen molar-refractivity contribution in [1.29, 1.82) is 0 Å². The van der Waals surface area contributed by atoms with E-state index in [2.05, 4.69) is 27.0 Å². The van der Waals surface area contributed by atoms with Crippen molar-refractivity contribution in [3.8, 4) is 5.75 Å². The Kier molecular flexibility index (Phi) is 4.93. The first-order valence-electron chi connectivity index (χ1n) is 6.16. The molecule has 0 aliphatic heterocycles. The highest BCUT2D eigenvalue weighted by Crippen LogP contribution is 2.24. The zero-order valence-electron chi connectivity index (χ0n) is 10.8. The lowest BCUT2D eigenvalue weighted by Crippen LogP contribution is -2.25. The van der Waals surface area contributed by atoms with Gasteiger partial charge < -0.3 is 10.5 Å². The molecule has 2 rings (SSSR count). The number of nitrogens with zero attached hydrogens (tertiary/aromatic N) is 1. The zero-order valence-corrected chi connectivity index (χ0v) is 12.4. The first kappa shape index (κ1) is 14.0. The lowest BCUT2D eigenvalue weighted by molar-refractivity contribution is 0.407. The number of nitrogens with two attached hydrogens (primary N) is 1. The summed E-state index contributed by atoms with van der Waals surface area (Å²) in [6.07, 6.45) is 5.20. The average molecular weight is 321 g/mol. The van der Waals surface area contributed by atoms with Crippen LogP contribution in [0.25, 0.3) is 0 Å². The predicted octanol–water partition coefficient (Wildman–Crippen LogP) is 2.97. The van der Waals surface area contributed by atoms with E-state index in [1.165, 1.54) is 5.56 Å². The van der Waals surface area contributed by atoms with E-state index in [4.69, 9.17) is 10.5 Å². The Labute approximate surface area is 121 Å². The Morgan fingerprint density at radius 2 is 1.95 bits per heavy atom. The Morgan fingerprint density at radius 3 is 2.63 bits per heavy atom. The molecule has 1 heterocycles. The Bertz CT molecular complexity index is 531. The van der Waals surface area contributed by atoms with Crippen LogP contribution >= 0.6 is 15.9 Å². The van der Waals surface area contributed by atoms with Gasteiger partial charge in [0, 0.05) is 22.9 Å². The van der Waals surface area contributed by atoms with Crippen LogP contribution < -0.4 is 10.5 Å². The molecule has 1 aromatic heterocycles. The van der Waals surface area contributed by atoms with Crippen LogP contribution in [0.4, 0.5) is 0 Å². The first-order valence-corrected chi connectivity index (χ1v) is 6.95. The molecule has 100 valence electrons. The maximum absolute atomic E-state index is 6.22. The first-order chi connectivity index (χ1) is 9.19. The van der Waals surface area contributed by atoms with Gasteiger partial charge in [-0.2, -0.15) is 0 Å². The summed E-state index contributed by atoms with van der Waals surface area (Å²) in [5.41, 5.74) is 8.55. The van der Waals surface area contributed by atoms with Crippen molar-refractivity contribution in [2.45, 2.75) is 18.9 Å². The van der Waals surface area contributed by atoms with Crippen LogP contribution in [0.2, 0.25) is 0 Å². The van der Waals surface area contributed by atoms with Gasteiger partial charge in [0.15, 0.2) is 0 Å². The quantitative estimate of drug-likeness (QED) is 0.921. The second-order valence-corrected chi connectivity index (χ2v) is 5.40. The number of hydrogen-bond donors (Lipinski definition) is 1. The molecule has 0 saturated heterocycles. The summed E-state index contributed by atoms with van der Waals surface area (Å²) in [7, 11) is 1.68. The van der Waals surface area contributed by atoms with Crippen LogP contribution in [0.1, 0.15) is 11.1 Å². The number of hydrogen-bond acceptors (Lipinski definition) is 3. The van der Waals surface area contributed by atoms with Gasteiger partial charge in [-0.25, -0.2) is 0 Å². The molecule has 0 aliphatic carbocycles. The summed E-state index contributed by atoms with van der Waals surface area (Å²) >= 11 is 3.48. The molecule has 2 aromatic rings. The third kappa shape index (κ3) is 4.04. The van der Waals surface area contributed by atoms with Gasteiger partial charge in [0.05, 0.1) is 7.11 Å². The van der Waals surface area contributed by atoms with E-state index in [9.17, 15) is 0 Å². The van der Waals surface area contributed by atoms with Crippen molar-refractivity contribution in [1.82, 2.24) is 4.98 Å². The molecule has 0 bridgehead atoms. The van der Waals surface area contributed by atoms with Gasteiger partial charge >= 0.3 is 0 Å². The van der Waals surface area contributed by atoms with Crippen LogP contribution in [0.15, 0.2) is 47.2 Å². The van der Waals surface area contributed by atoms with Gasteiger partial charge in [-0.3, -0.25) is 4.98 Å². The topological polar surface area (TPSA) is 48.1 Å². The molecule has 4 heteroatoms. The fourth-order valence-electron chi connectivity index (χ4n) is 2.08. The maximum Gasteiger partial charge on any atom is 0.122 e. The lowest BCUT2D eigenvalue weighted by atomic mass is 10.00. The molecule has 2 N–H and O–H groups in total. The number of ether oxygens (including phenoxy) is 1. The molecular formula is C15H17BrN2O. The van der Waals surface area contributed by atoms with E-state index < -0.39 is 0 Å². The smallest absolute Gasteiger partial charge is 0.122 e. The molecule has 0 fully saturated rings. The minimum Gasteiger partial charge on any atom is -0.496 e. The molecule has 1 aromatic carbocycles. The van der Waals surface area contributed by atoms with Crippen LogP contribution in [0.5, 0.6) is 5.75 Å². The Balaban J connectivity index is 2.06. The highest BCUT2D eigenvalue weighted by atomic mass is 79.9. The van der Waals surface area contributed by atoms with Crippen LogP contribution in [-0.2, 0) is 12.8 Å². The van der Waals surface area contributed by atoms with E-state index >= 15 is 0 Å². The summed E-state index contributed by atoms with van der Waals surface area (Å²) in [6, 6.07) is 10.0. The molecule has 19 heavy (non-hydrogen) atoms. The average Bonchev–Trinajstić information content (AvgIpc) is 2.40. The SMILES string of the molecule is COc1ccc(Br)cc1CC(N)Cc1ccncc1. The maximum atomic E-state index is 6.22. The van der Waals surface area contributed by atoms with Gasteiger partial charge in [-0.1, -0.05) is 15.9 Å². The van der Waals surface area contributed by atoms with Gasteiger partial charge in [-0.15, -0.1) is 0 Å². The highest BCUT2D eigenvalue weighted by molar-refractivity contribution is 9.10. The van der Waals surface area contributed by atoms with Crippen molar-refractivity contribution in [2.75, 3.05) is 7.11 Å². The van der Waals surface area contributed by atoms with Crippen molar-refractivity contribution < 1.29 is 4.74 Å².